The van der Waals surface area contributed by atoms with Gasteiger partial charge in [-0.15, -0.1) is 0 Å². The van der Waals surface area contributed by atoms with Crippen LogP contribution in [0.15, 0.2) is 24.3 Å². The van der Waals surface area contributed by atoms with Crippen LogP contribution in [0.3, 0.4) is 0 Å². The number of aromatic nitrogens is 2. The van der Waals surface area contributed by atoms with Gasteiger partial charge in [-0.05, 0) is 64.5 Å². The Hall–Kier alpha value is -2.25. The van der Waals surface area contributed by atoms with E-state index in [9.17, 15) is 9.18 Å². The number of piperidine rings is 1. The number of nitrogens with zero attached hydrogens (tertiary/aromatic N) is 5. The number of likely N-dealkylation sites (tertiary alicyclic amines) is 1. The van der Waals surface area contributed by atoms with Crippen molar-refractivity contribution < 1.29 is 9.18 Å². The van der Waals surface area contributed by atoms with E-state index in [0.717, 1.165) is 56.1 Å². The van der Waals surface area contributed by atoms with Crippen molar-refractivity contribution in [2.45, 2.75) is 39.3 Å². The molecule has 6 nitrogen and oxygen atoms in total. The normalized spacial score (nSPS) is 19.4. The Labute approximate surface area is 178 Å². The second kappa shape index (κ2) is 8.86. The number of amides is 1. The van der Waals surface area contributed by atoms with Crippen LogP contribution >= 0.6 is 0 Å². The van der Waals surface area contributed by atoms with Crippen LogP contribution in [-0.4, -0.2) is 76.5 Å². The molecule has 2 saturated heterocycles. The Morgan fingerprint density at radius 2 is 1.80 bits per heavy atom. The van der Waals surface area contributed by atoms with E-state index in [1.807, 2.05) is 24.8 Å². The number of carbonyl (C=O) groups is 1. The standard InChI is InChI=1S/C23H32FN5O/c1-17-22(25-18(2)29(17)21-7-9-26(3)10-8-21)23(30)28-13-11-27(12-14-28)16-19-5-4-6-20(24)15-19/h4-6,15,21H,7-14,16H2,1-3H3. The predicted molar refractivity (Wildman–Crippen MR) is 115 cm³/mol. The van der Waals surface area contributed by atoms with Gasteiger partial charge in [0, 0.05) is 44.5 Å². The monoisotopic (exact) mass is 413 g/mol. The molecular formula is C23H32FN5O. The molecule has 30 heavy (non-hydrogen) atoms. The Balaban J connectivity index is 1.39. The maximum Gasteiger partial charge on any atom is 0.274 e. The summed E-state index contributed by atoms with van der Waals surface area (Å²) in [5, 5.41) is 0. The molecule has 7 heteroatoms. The summed E-state index contributed by atoms with van der Waals surface area (Å²) in [6.45, 7) is 9.84. The number of piperazine rings is 1. The van der Waals surface area contributed by atoms with Crippen molar-refractivity contribution in [2.75, 3.05) is 46.3 Å². The zero-order chi connectivity index (χ0) is 21.3. The molecule has 0 saturated carbocycles. The molecule has 1 aromatic heterocycles. The Morgan fingerprint density at radius 3 is 2.47 bits per heavy atom. The zero-order valence-electron chi connectivity index (χ0n) is 18.3. The topological polar surface area (TPSA) is 44.6 Å². The average Bonchev–Trinajstić information content (AvgIpc) is 3.03. The van der Waals surface area contributed by atoms with Crippen LogP contribution in [0.1, 0.15) is 46.5 Å². The molecule has 0 N–H and O–H groups in total. The number of rotatable bonds is 4. The van der Waals surface area contributed by atoms with Crippen molar-refractivity contribution in [2.24, 2.45) is 0 Å². The van der Waals surface area contributed by atoms with Crippen molar-refractivity contribution in [3.05, 3.63) is 52.9 Å². The quantitative estimate of drug-likeness (QED) is 0.773. The number of aryl methyl sites for hydroxylation is 1. The number of hydrogen-bond acceptors (Lipinski definition) is 4. The molecule has 162 valence electrons. The highest BCUT2D eigenvalue weighted by Crippen LogP contribution is 2.27. The molecule has 2 fully saturated rings. The van der Waals surface area contributed by atoms with E-state index in [1.54, 1.807) is 12.1 Å². The highest BCUT2D eigenvalue weighted by atomic mass is 19.1. The van der Waals surface area contributed by atoms with Gasteiger partial charge in [0.25, 0.3) is 5.91 Å². The molecule has 0 unspecified atom stereocenters. The van der Waals surface area contributed by atoms with Gasteiger partial charge in [0.15, 0.2) is 0 Å². The van der Waals surface area contributed by atoms with Gasteiger partial charge in [0.2, 0.25) is 0 Å². The molecule has 2 aliphatic rings. The first-order valence-electron chi connectivity index (χ1n) is 10.9. The van der Waals surface area contributed by atoms with Gasteiger partial charge in [-0.25, -0.2) is 9.37 Å². The largest absolute Gasteiger partial charge is 0.335 e. The van der Waals surface area contributed by atoms with E-state index in [-0.39, 0.29) is 11.7 Å². The molecule has 2 aromatic rings. The molecule has 0 spiro atoms. The summed E-state index contributed by atoms with van der Waals surface area (Å²) in [5.41, 5.74) is 2.57. The summed E-state index contributed by atoms with van der Waals surface area (Å²) in [6.07, 6.45) is 2.20. The first-order chi connectivity index (χ1) is 14.4. The molecule has 2 aliphatic heterocycles. The van der Waals surface area contributed by atoms with Crippen molar-refractivity contribution in [3.8, 4) is 0 Å². The van der Waals surface area contributed by atoms with Gasteiger partial charge in [-0.3, -0.25) is 9.69 Å². The lowest BCUT2D eigenvalue weighted by atomic mass is 10.0. The maximum atomic E-state index is 13.4. The van der Waals surface area contributed by atoms with Gasteiger partial charge in [-0.1, -0.05) is 12.1 Å². The Morgan fingerprint density at radius 1 is 1.10 bits per heavy atom. The third kappa shape index (κ3) is 4.42. The highest BCUT2D eigenvalue weighted by molar-refractivity contribution is 5.93. The van der Waals surface area contributed by atoms with Crippen LogP contribution in [0.2, 0.25) is 0 Å². The van der Waals surface area contributed by atoms with Crippen LogP contribution in [0.25, 0.3) is 0 Å². The summed E-state index contributed by atoms with van der Waals surface area (Å²) in [6, 6.07) is 7.17. The Bertz CT molecular complexity index is 895. The molecule has 3 heterocycles. The molecule has 1 amide bonds. The molecule has 4 rings (SSSR count). The van der Waals surface area contributed by atoms with Gasteiger partial charge in [0.05, 0.1) is 0 Å². The number of carbonyl (C=O) groups excluding carboxylic acids is 1. The van der Waals surface area contributed by atoms with Crippen LogP contribution in [0, 0.1) is 19.7 Å². The van der Waals surface area contributed by atoms with Crippen LogP contribution in [-0.2, 0) is 6.54 Å². The predicted octanol–water partition coefficient (Wildman–Crippen LogP) is 2.86. The van der Waals surface area contributed by atoms with Crippen LogP contribution < -0.4 is 0 Å². The summed E-state index contributed by atoms with van der Waals surface area (Å²) >= 11 is 0. The lowest BCUT2D eigenvalue weighted by molar-refractivity contribution is 0.0622. The Kier molecular flexibility index (Phi) is 6.20. The minimum absolute atomic E-state index is 0.0349. The zero-order valence-corrected chi connectivity index (χ0v) is 18.3. The van der Waals surface area contributed by atoms with Gasteiger partial charge >= 0.3 is 0 Å². The SMILES string of the molecule is Cc1nc(C(=O)N2CCN(Cc3cccc(F)c3)CC2)c(C)n1C1CCN(C)CC1. The smallest absolute Gasteiger partial charge is 0.274 e. The van der Waals surface area contributed by atoms with Gasteiger partial charge in [-0.2, -0.15) is 0 Å². The molecular weight excluding hydrogens is 381 g/mol. The number of hydrogen-bond donors (Lipinski definition) is 0. The molecule has 0 radical (unpaired) electrons. The molecule has 0 bridgehead atoms. The minimum atomic E-state index is -0.202. The second-order valence-corrected chi connectivity index (χ2v) is 8.70. The average molecular weight is 414 g/mol. The van der Waals surface area contributed by atoms with Crippen molar-refractivity contribution in [3.63, 3.8) is 0 Å². The third-order valence-electron chi connectivity index (χ3n) is 6.54. The van der Waals surface area contributed by atoms with E-state index in [0.29, 0.717) is 31.4 Å². The highest BCUT2D eigenvalue weighted by Gasteiger charge is 2.29. The molecule has 0 aliphatic carbocycles. The lowest BCUT2D eigenvalue weighted by Crippen LogP contribution is -2.48. The molecule has 1 aromatic carbocycles. The van der Waals surface area contributed by atoms with E-state index >= 15 is 0 Å². The third-order valence-corrected chi connectivity index (χ3v) is 6.54. The number of halogens is 1. The van der Waals surface area contributed by atoms with E-state index < -0.39 is 0 Å². The summed E-state index contributed by atoms with van der Waals surface area (Å²) in [4.78, 5) is 24.4. The van der Waals surface area contributed by atoms with Crippen molar-refractivity contribution in [1.29, 1.82) is 0 Å². The second-order valence-electron chi connectivity index (χ2n) is 8.70. The fourth-order valence-corrected chi connectivity index (χ4v) is 4.80. The van der Waals surface area contributed by atoms with Crippen molar-refractivity contribution in [1.82, 2.24) is 24.3 Å². The van der Waals surface area contributed by atoms with Crippen molar-refractivity contribution >= 4 is 5.91 Å². The first-order valence-corrected chi connectivity index (χ1v) is 10.9. The number of benzene rings is 1. The van der Waals surface area contributed by atoms with Crippen LogP contribution in [0.4, 0.5) is 4.39 Å². The summed E-state index contributed by atoms with van der Waals surface area (Å²) < 4.78 is 15.7. The van der Waals surface area contributed by atoms with Crippen LogP contribution in [0.5, 0.6) is 0 Å². The summed E-state index contributed by atoms with van der Waals surface area (Å²) in [7, 11) is 2.16. The fraction of sp³-hybridized carbons (Fsp3) is 0.565. The maximum absolute atomic E-state index is 13.4. The summed E-state index contributed by atoms with van der Waals surface area (Å²) in [5.74, 6) is 0.773. The molecule has 0 atom stereocenters. The van der Waals surface area contributed by atoms with E-state index in [4.69, 9.17) is 0 Å². The van der Waals surface area contributed by atoms with E-state index in [2.05, 4.69) is 26.4 Å². The number of imidazole rings is 1. The van der Waals surface area contributed by atoms with E-state index in [1.165, 1.54) is 6.07 Å². The lowest BCUT2D eigenvalue weighted by Gasteiger charge is -2.34. The minimum Gasteiger partial charge on any atom is -0.335 e. The van der Waals surface area contributed by atoms with Gasteiger partial charge < -0.3 is 14.4 Å². The fourth-order valence-electron chi connectivity index (χ4n) is 4.80. The first kappa shape index (κ1) is 21.0. The van der Waals surface area contributed by atoms with Gasteiger partial charge in [0.1, 0.15) is 17.3 Å².